The summed E-state index contributed by atoms with van der Waals surface area (Å²) in [6.45, 7) is 4.64. The molecule has 3 saturated carbocycles. The van der Waals surface area contributed by atoms with Crippen molar-refractivity contribution in [2.24, 2.45) is 28.6 Å². The molecule has 0 amide bonds. The Morgan fingerprint density at radius 3 is 2.44 bits per heavy atom. The second-order valence-corrected chi connectivity index (χ2v) is 9.15. The number of rotatable bonds is 0. The Kier molecular flexibility index (Phi) is 5.67. The van der Waals surface area contributed by atoms with Crippen LogP contribution in [0.2, 0.25) is 0 Å². The van der Waals surface area contributed by atoms with Gasteiger partial charge in [-0.15, -0.1) is 12.4 Å². The lowest BCUT2D eigenvalue weighted by Crippen LogP contribution is -2.50. The number of ketones is 2. The number of hydrogen-bond acceptors (Lipinski definition) is 3. The van der Waals surface area contributed by atoms with E-state index in [0.717, 1.165) is 38.5 Å². The van der Waals surface area contributed by atoms with Gasteiger partial charge in [0.15, 0.2) is 5.78 Å². The van der Waals surface area contributed by atoms with E-state index in [1.165, 1.54) is 18.4 Å². The number of aromatic amines is 1. The van der Waals surface area contributed by atoms with Crippen LogP contribution < -0.4 is 0 Å². The Morgan fingerprint density at radius 2 is 1.78 bits per heavy atom. The second kappa shape index (κ2) is 7.54. The first-order valence-electron chi connectivity index (χ1n) is 10.1. The molecule has 0 radical (unpaired) electrons. The van der Waals surface area contributed by atoms with Crippen LogP contribution in [0.3, 0.4) is 0 Å². The van der Waals surface area contributed by atoms with Crippen molar-refractivity contribution >= 4 is 24.0 Å². The monoisotopic (exact) mass is 390 g/mol. The third-order valence-corrected chi connectivity index (χ3v) is 8.08. The Hall–Kier alpha value is -1.42. The summed E-state index contributed by atoms with van der Waals surface area (Å²) < 4.78 is 0. The maximum atomic E-state index is 12.4. The molecule has 0 bridgehead atoms. The van der Waals surface area contributed by atoms with Crippen molar-refractivity contribution in [1.29, 1.82) is 0 Å². The molecule has 3 fully saturated rings. The number of imidazole rings is 1. The van der Waals surface area contributed by atoms with Gasteiger partial charge >= 0.3 is 0 Å². The van der Waals surface area contributed by atoms with Crippen LogP contribution >= 0.6 is 12.4 Å². The summed E-state index contributed by atoms with van der Waals surface area (Å²) in [4.78, 5) is 30.5. The first kappa shape index (κ1) is 20.3. The average molecular weight is 391 g/mol. The molecule has 5 rings (SSSR count). The van der Waals surface area contributed by atoms with E-state index in [2.05, 4.69) is 23.8 Å². The fraction of sp³-hybridized carbons (Fsp3) is 0.682. The number of aromatic nitrogens is 2. The van der Waals surface area contributed by atoms with Gasteiger partial charge in [-0.2, -0.15) is 0 Å². The van der Waals surface area contributed by atoms with Gasteiger partial charge in [0.05, 0.1) is 6.33 Å². The summed E-state index contributed by atoms with van der Waals surface area (Å²) in [6.07, 6.45) is 15.3. The molecule has 1 aromatic rings. The number of Topliss-reactive ketones (excluding diaryl/α,β-unsaturated/α-hetero) is 1. The van der Waals surface area contributed by atoms with Crippen LogP contribution in [0, 0.1) is 28.6 Å². The van der Waals surface area contributed by atoms with E-state index >= 15 is 0 Å². The molecule has 0 unspecified atom stereocenters. The molecule has 4 nitrogen and oxygen atoms in total. The highest BCUT2D eigenvalue weighted by molar-refractivity contribution is 5.91. The van der Waals surface area contributed by atoms with Crippen molar-refractivity contribution in [3.05, 3.63) is 30.4 Å². The SMILES string of the molecule is C[C@]12CCC(=O)C=C1CC[C@@H]1[C@@H]2CC[C@]2(C)C(=O)CC[C@@H]12.Cl.c1c[nH]cn1. The second-order valence-electron chi connectivity index (χ2n) is 9.15. The molecule has 1 N–H and O–H groups in total. The summed E-state index contributed by atoms with van der Waals surface area (Å²) in [5, 5.41) is 0. The molecule has 0 spiro atoms. The summed E-state index contributed by atoms with van der Waals surface area (Å²) in [6, 6.07) is 0. The molecule has 0 aromatic carbocycles. The van der Waals surface area contributed by atoms with Crippen molar-refractivity contribution in [2.75, 3.05) is 0 Å². The number of H-pyrrole nitrogens is 1. The molecule has 0 saturated heterocycles. The maximum Gasteiger partial charge on any atom is 0.155 e. The van der Waals surface area contributed by atoms with Crippen LogP contribution in [0.5, 0.6) is 0 Å². The number of nitrogens with one attached hydrogen (secondary N) is 1. The highest BCUT2D eigenvalue weighted by Crippen LogP contribution is 2.64. The molecule has 5 atom stereocenters. The summed E-state index contributed by atoms with van der Waals surface area (Å²) >= 11 is 0. The Morgan fingerprint density at radius 1 is 1.00 bits per heavy atom. The quantitative estimate of drug-likeness (QED) is 0.683. The van der Waals surface area contributed by atoms with Crippen LogP contribution in [-0.4, -0.2) is 21.5 Å². The predicted octanol–water partition coefficient (Wildman–Crippen LogP) is 4.92. The van der Waals surface area contributed by atoms with Crippen LogP contribution in [0.4, 0.5) is 0 Å². The molecule has 148 valence electrons. The van der Waals surface area contributed by atoms with E-state index in [4.69, 9.17) is 0 Å². The van der Waals surface area contributed by atoms with Crippen molar-refractivity contribution in [3.63, 3.8) is 0 Å². The number of allylic oxidation sites excluding steroid dienone is 1. The zero-order valence-electron chi connectivity index (χ0n) is 16.4. The Bertz CT molecular complexity index is 711. The normalized spacial score (nSPS) is 39.8. The molecule has 27 heavy (non-hydrogen) atoms. The topological polar surface area (TPSA) is 62.8 Å². The minimum absolute atomic E-state index is 0. The van der Waals surface area contributed by atoms with E-state index in [1.807, 2.05) is 6.08 Å². The zero-order valence-corrected chi connectivity index (χ0v) is 17.2. The van der Waals surface area contributed by atoms with Crippen molar-refractivity contribution in [1.82, 2.24) is 9.97 Å². The Labute approximate surface area is 168 Å². The highest BCUT2D eigenvalue weighted by atomic mass is 35.5. The van der Waals surface area contributed by atoms with E-state index in [1.54, 1.807) is 18.7 Å². The summed E-state index contributed by atoms with van der Waals surface area (Å²) in [7, 11) is 0. The van der Waals surface area contributed by atoms with E-state index < -0.39 is 0 Å². The molecule has 1 heterocycles. The molecule has 4 aliphatic rings. The fourth-order valence-electron chi connectivity index (χ4n) is 6.55. The highest BCUT2D eigenvalue weighted by Gasteiger charge is 2.58. The first-order valence-corrected chi connectivity index (χ1v) is 10.1. The number of carbonyl (C=O) groups excluding carboxylic acids is 2. The summed E-state index contributed by atoms with van der Waals surface area (Å²) in [5.74, 6) is 2.88. The Balaban J connectivity index is 0.000000306. The van der Waals surface area contributed by atoms with Gasteiger partial charge in [0, 0.05) is 30.7 Å². The third kappa shape index (κ3) is 3.30. The minimum atomic E-state index is -0.0246. The van der Waals surface area contributed by atoms with Crippen molar-refractivity contribution in [2.45, 2.75) is 65.2 Å². The van der Waals surface area contributed by atoms with Crippen LogP contribution in [0.1, 0.15) is 65.2 Å². The molecular formula is C22H31ClN2O2. The number of carbonyl (C=O) groups is 2. The van der Waals surface area contributed by atoms with Gasteiger partial charge in [0.25, 0.3) is 0 Å². The van der Waals surface area contributed by atoms with Crippen LogP contribution in [0.25, 0.3) is 0 Å². The molecule has 5 heteroatoms. The molecular weight excluding hydrogens is 360 g/mol. The van der Waals surface area contributed by atoms with Gasteiger partial charge < -0.3 is 4.98 Å². The van der Waals surface area contributed by atoms with E-state index in [-0.39, 0.29) is 23.2 Å². The van der Waals surface area contributed by atoms with Crippen LogP contribution in [0.15, 0.2) is 30.4 Å². The van der Waals surface area contributed by atoms with Gasteiger partial charge in [0.2, 0.25) is 0 Å². The largest absolute Gasteiger partial charge is 0.351 e. The lowest BCUT2D eigenvalue weighted by Gasteiger charge is -2.56. The number of nitrogens with zero attached hydrogens (tertiary/aromatic N) is 1. The number of fused-ring (bicyclic) bond motifs is 5. The zero-order chi connectivity index (χ0) is 18.4. The van der Waals surface area contributed by atoms with E-state index in [0.29, 0.717) is 29.3 Å². The van der Waals surface area contributed by atoms with E-state index in [9.17, 15) is 9.59 Å². The van der Waals surface area contributed by atoms with Crippen LogP contribution in [-0.2, 0) is 9.59 Å². The number of halogens is 1. The number of hydrogen-bond donors (Lipinski definition) is 1. The van der Waals surface area contributed by atoms with Gasteiger partial charge in [-0.05, 0) is 67.8 Å². The van der Waals surface area contributed by atoms with Crippen molar-refractivity contribution in [3.8, 4) is 0 Å². The molecule has 4 aliphatic carbocycles. The first-order chi connectivity index (χ1) is 12.4. The predicted molar refractivity (Wildman–Crippen MR) is 108 cm³/mol. The lowest BCUT2D eigenvalue weighted by atomic mass is 9.47. The standard InChI is InChI=1S/C19H26O2.C3H4N2.ClH/c1-18-9-7-13(20)11-12(18)3-4-14-15-5-6-17(21)19(15,2)10-8-16(14)18;1-2-5-3-4-1;/h11,14-16H,3-10H2,1-2H3;1-3H,(H,4,5);1H/t14-,15-,16-,18-,19-;;/m0../s1. The third-order valence-electron chi connectivity index (χ3n) is 8.08. The smallest absolute Gasteiger partial charge is 0.155 e. The molecule has 0 aliphatic heterocycles. The fourth-order valence-corrected chi connectivity index (χ4v) is 6.55. The van der Waals surface area contributed by atoms with Crippen molar-refractivity contribution < 1.29 is 9.59 Å². The molecule has 1 aromatic heterocycles. The van der Waals surface area contributed by atoms with Gasteiger partial charge in [-0.1, -0.05) is 19.4 Å². The van der Waals surface area contributed by atoms with Gasteiger partial charge in [-0.25, -0.2) is 4.98 Å². The minimum Gasteiger partial charge on any atom is -0.351 e. The van der Waals surface area contributed by atoms with Gasteiger partial charge in [0.1, 0.15) is 5.78 Å². The van der Waals surface area contributed by atoms with Gasteiger partial charge in [-0.3, -0.25) is 9.59 Å². The maximum absolute atomic E-state index is 12.4. The average Bonchev–Trinajstić information content (AvgIpc) is 3.28. The lowest BCUT2D eigenvalue weighted by molar-refractivity contribution is -0.132. The summed E-state index contributed by atoms with van der Waals surface area (Å²) in [5.41, 5.74) is 1.64.